The first-order chi connectivity index (χ1) is 13.2. The van der Waals surface area contributed by atoms with E-state index in [9.17, 15) is 9.59 Å². The molecular weight excluding hydrogens is 362 g/mol. The molecule has 0 saturated carbocycles. The van der Waals surface area contributed by atoms with Gasteiger partial charge in [-0.05, 0) is 57.2 Å². The first-order valence-corrected chi connectivity index (χ1v) is 10.9. The first-order valence-electron chi connectivity index (χ1n) is 10.1. The lowest BCUT2D eigenvalue weighted by molar-refractivity contribution is -0.117. The van der Waals surface area contributed by atoms with Crippen LogP contribution < -0.4 is 10.6 Å². The number of anilines is 1. The number of hydrogen-bond acceptors (Lipinski definition) is 5. The van der Waals surface area contributed by atoms with Gasteiger partial charge >= 0.3 is 0 Å². The van der Waals surface area contributed by atoms with Crippen molar-refractivity contribution < 1.29 is 14.3 Å². The molecule has 0 radical (unpaired) electrons. The second-order valence-corrected chi connectivity index (χ2v) is 8.51. The molecule has 0 aromatic carbocycles. The molecule has 6 nitrogen and oxygen atoms in total. The zero-order valence-electron chi connectivity index (χ0n) is 16.3. The minimum absolute atomic E-state index is 0.0126. The maximum atomic E-state index is 12.8. The maximum Gasteiger partial charge on any atom is 0.254 e. The zero-order chi connectivity index (χ0) is 19.1. The fourth-order valence-corrected chi connectivity index (χ4v) is 5.22. The maximum absolute atomic E-state index is 12.8. The minimum atomic E-state index is -0.100. The number of nitrogens with one attached hydrogen (secondary N) is 2. The van der Waals surface area contributed by atoms with Crippen LogP contribution in [0.25, 0.3) is 0 Å². The van der Waals surface area contributed by atoms with E-state index >= 15 is 0 Å². The van der Waals surface area contributed by atoms with Gasteiger partial charge < -0.3 is 15.4 Å². The highest BCUT2D eigenvalue weighted by Gasteiger charge is 2.26. The fourth-order valence-electron chi connectivity index (χ4n) is 3.91. The monoisotopic (exact) mass is 393 g/mol. The lowest BCUT2D eigenvalue weighted by Gasteiger charge is -2.19. The molecule has 150 valence electrons. The molecule has 2 amide bonds. The summed E-state index contributed by atoms with van der Waals surface area (Å²) in [4.78, 5) is 28.9. The van der Waals surface area contributed by atoms with Crippen LogP contribution in [0, 0.1) is 0 Å². The summed E-state index contributed by atoms with van der Waals surface area (Å²) in [5.74, 6) is -0.113. The number of carbonyl (C=O) groups is 2. The van der Waals surface area contributed by atoms with Crippen LogP contribution in [-0.4, -0.2) is 56.6 Å². The highest BCUT2D eigenvalue weighted by atomic mass is 32.1. The van der Waals surface area contributed by atoms with E-state index in [0.717, 1.165) is 62.2 Å². The van der Waals surface area contributed by atoms with Gasteiger partial charge in [0.15, 0.2) is 0 Å². The molecule has 1 fully saturated rings. The molecule has 2 aliphatic rings. The molecule has 0 atom stereocenters. The van der Waals surface area contributed by atoms with Gasteiger partial charge in [0.05, 0.1) is 18.7 Å². The predicted octanol–water partition coefficient (Wildman–Crippen LogP) is 2.82. The molecule has 0 unspecified atom stereocenters. The average molecular weight is 394 g/mol. The molecule has 0 spiro atoms. The van der Waals surface area contributed by atoms with Crippen molar-refractivity contribution in [2.24, 2.45) is 0 Å². The number of fused-ring (bicyclic) bond motifs is 1. The van der Waals surface area contributed by atoms with E-state index in [-0.39, 0.29) is 11.8 Å². The Morgan fingerprint density at radius 2 is 1.81 bits per heavy atom. The summed E-state index contributed by atoms with van der Waals surface area (Å²) >= 11 is 1.58. The van der Waals surface area contributed by atoms with Gasteiger partial charge in [0.2, 0.25) is 5.91 Å². The summed E-state index contributed by atoms with van der Waals surface area (Å²) < 4.78 is 5.02. The van der Waals surface area contributed by atoms with Gasteiger partial charge in [-0.2, -0.15) is 0 Å². The van der Waals surface area contributed by atoms with E-state index in [1.165, 1.54) is 17.7 Å². The number of thiophene rings is 1. The summed E-state index contributed by atoms with van der Waals surface area (Å²) in [6.07, 6.45) is 8.99. The minimum Gasteiger partial charge on any atom is -0.383 e. The Labute approximate surface area is 165 Å². The van der Waals surface area contributed by atoms with E-state index < -0.39 is 0 Å². The molecule has 3 rings (SSSR count). The molecule has 1 aromatic rings. The summed E-state index contributed by atoms with van der Waals surface area (Å²) in [7, 11) is 1.62. The lowest BCUT2D eigenvalue weighted by Crippen LogP contribution is -2.34. The van der Waals surface area contributed by atoms with Gasteiger partial charge in [0.25, 0.3) is 5.91 Å². The molecule has 2 N–H and O–H groups in total. The summed E-state index contributed by atoms with van der Waals surface area (Å²) in [5.41, 5.74) is 1.81. The third-order valence-corrected chi connectivity index (χ3v) is 6.52. The second kappa shape index (κ2) is 10.2. The van der Waals surface area contributed by atoms with Gasteiger partial charge in [0, 0.05) is 18.5 Å². The van der Waals surface area contributed by atoms with Crippen LogP contribution in [0.2, 0.25) is 0 Å². The fraction of sp³-hybridized carbons (Fsp3) is 0.700. The first kappa shape index (κ1) is 20.3. The number of rotatable bonds is 7. The molecule has 1 aromatic heterocycles. The van der Waals surface area contributed by atoms with Crippen molar-refractivity contribution in [2.45, 2.75) is 51.4 Å². The predicted molar refractivity (Wildman–Crippen MR) is 109 cm³/mol. The highest BCUT2D eigenvalue weighted by molar-refractivity contribution is 7.17. The van der Waals surface area contributed by atoms with Crippen molar-refractivity contribution in [3.05, 3.63) is 16.0 Å². The average Bonchev–Trinajstić information content (AvgIpc) is 2.82. The number of carbonyl (C=O) groups excluding carboxylic acids is 2. The van der Waals surface area contributed by atoms with Crippen LogP contribution in [0.1, 0.15) is 59.3 Å². The van der Waals surface area contributed by atoms with E-state index in [2.05, 4.69) is 15.5 Å². The standard InChI is InChI=1S/C20H31N3O3S/c1-26-13-10-21-19(25)18-15-8-4-5-9-16(15)27-20(18)22-17(24)14-23-11-6-2-3-7-12-23/h2-14H2,1H3,(H,21,25)(H,22,24). The summed E-state index contributed by atoms with van der Waals surface area (Å²) in [6, 6.07) is 0. The van der Waals surface area contributed by atoms with Crippen molar-refractivity contribution in [3.63, 3.8) is 0 Å². The van der Waals surface area contributed by atoms with Crippen LogP contribution in [0.15, 0.2) is 0 Å². The van der Waals surface area contributed by atoms with Crippen LogP contribution in [0.3, 0.4) is 0 Å². The largest absolute Gasteiger partial charge is 0.383 e. The van der Waals surface area contributed by atoms with E-state index in [0.29, 0.717) is 25.3 Å². The van der Waals surface area contributed by atoms with Crippen LogP contribution in [0.4, 0.5) is 5.00 Å². The number of aryl methyl sites for hydroxylation is 1. The Kier molecular flexibility index (Phi) is 7.67. The number of methoxy groups -OCH3 is 1. The van der Waals surface area contributed by atoms with Gasteiger partial charge in [-0.25, -0.2) is 0 Å². The van der Waals surface area contributed by atoms with Crippen molar-refractivity contribution >= 4 is 28.2 Å². The number of amides is 2. The summed E-state index contributed by atoms with van der Waals surface area (Å²) in [5, 5.41) is 6.69. The second-order valence-electron chi connectivity index (χ2n) is 7.40. The Morgan fingerprint density at radius 1 is 1.07 bits per heavy atom. The van der Waals surface area contributed by atoms with Crippen LogP contribution in [-0.2, 0) is 22.4 Å². The Hall–Kier alpha value is -1.44. The molecule has 2 heterocycles. The smallest absolute Gasteiger partial charge is 0.254 e. The van der Waals surface area contributed by atoms with Crippen molar-refractivity contribution in [2.75, 3.05) is 45.2 Å². The van der Waals surface area contributed by atoms with Gasteiger partial charge in [-0.15, -0.1) is 11.3 Å². The molecule has 0 bridgehead atoms. The third kappa shape index (κ3) is 5.53. The number of nitrogens with zero attached hydrogens (tertiary/aromatic N) is 1. The number of likely N-dealkylation sites (tertiary alicyclic amines) is 1. The van der Waals surface area contributed by atoms with Crippen LogP contribution in [0.5, 0.6) is 0 Å². The normalized spacial score (nSPS) is 17.8. The van der Waals surface area contributed by atoms with Crippen molar-refractivity contribution in [1.29, 1.82) is 0 Å². The Bertz CT molecular complexity index is 651. The Morgan fingerprint density at radius 3 is 2.56 bits per heavy atom. The molecule has 27 heavy (non-hydrogen) atoms. The van der Waals surface area contributed by atoms with Crippen LogP contribution >= 0.6 is 11.3 Å². The SMILES string of the molecule is COCCNC(=O)c1c(NC(=O)CN2CCCCCC2)sc2c1CCCC2. The molecule has 7 heteroatoms. The highest BCUT2D eigenvalue weighted by Crippen LogP contribution is 2.38. The zero-order valence-corrected chi connectivity index (χ0v) is 17.1. The van der Waals surface area contributed by atoms with Gasteiger partial charge in [-0.1, -0.05) is 12.8 Å². The van der Waals surface area contributed by atoms with E-state index in [1.54, 1.807) is 18.4 Å². The van der Waals surface area contributed by atoms with Crippen molar-refractivity contribution in [1.82, 2.24) is 10.2 Å². The van der Waals surface area contributed by atoms with Crippen molar-refractivity contribution in [3.8, 4) is 0 Å². The van der Waals surface area contributed by atoms with E-state index in [4.69, 9.17) is 4.74 Å². The summed E-state index contributed by atoms with van der Waals surface area (Å²) in [6.45, 7) is 3.33. The lowest BCUT2D eigenvalue weighted by atomic mass is 9.95. The molecule has 1 saturated heterocycles. The molecule has 1 aliphatic heterocycles. The van der Waals surface area contributed by atoms with E-state index in [1.807, 2.05) is 0 Å². The molecule has 1 aliphatic carbocycles. The third-order valence-electron chi connectivity index (χ3n) is 5.31. The quantitative estimate of drug-likeness (QED) is 0.699. The molecular formula is C20H31N3O3S. The number of ether oxygens (including phenoxy) is 1. The van der Waals surface area contributed by atoms with Gasteiger partial charge in [-0.3, -0.25) is 14.5 Å². The number of hydrogen-bond donors (Lipinski definition) is 2. The topological polar surface area (TPSA) is 70.7 Å². The van der Waals surface area contributed by atoms with Gasteiger partial charge in [0.1, 0.15) is 5.00 Å². The Balaban J connectivity index is 1.70.